The van der Waals surface area contributed by atoms with Crippen LogP contribution in [0.2, 0.25) is 5.02 Å². The minimum Gasteiger partial charge on any atom is -0.344 e. The highest BCUT2D eigenvalue weighted by atomic mass is 79.9. The van der Waals surface area contributed by atoms with Crippen molar-refractivity contribution in [2.24, 2.45) is 4.99 Å². The number of hydrogen-bond donors (Lipinski definition) is 1. The quantitative estimate of drug-likeness (QED) is 0.482. The molecule has 2 aromatic carbocycles. The normalized spacial score (nSPS) is 11.5. The second-order valence-corrected chi connectivity index (χ2v) is 6.05. The van der Waals surface area contributed by atoms with E-state index in [1.165, 1.54) is 0 Å². The van der Waals surface area contributed by atoms with E-state index in [1.54, 1.807) is 0 Å². The zero-order valence-corrected chi connectivity index (χ0v) is 14.1. The average Bonchev–Trinajstić information content (AvgIpc) is 2.35. The van der Waals surface area contributed by atoms with E-state index in [0.29, 0.717) is 5.02 Å². The third kappa shape index (κ3) is 4.06. The van der Waals surface area contributed by atoms with Crippen molar-refractivity contribution in [3.8, 4) is 0 Å². The fourth-order valence-corrected chi connectivity index (χ4v) is 3.41. The summed E-state index contributed by atoms with van der Waals surface area (Å²) in [4.78, 5) is 4.55. The molecule has 0 bridgehead atoms. The number of hydrogen-bond acceptors (Lipinski definition) is 1. The molecule has 0 aliphatic heterocycles. The molecule has 0 atom stereocenters. The minimum absolute atomic E-state index is 0.659. The number of halogens is 3. The van der Waals surface area contributed by atoms with Crippen molar-refractivity contribution in [2.45, 2.75) is 6.92 Å². The molecular formula is C14H11Br2ClN2. The van der Waals surface area contributed by atoms with Gasteiger partial charge in [0.25, 0.3) is 0 Å². The Morgan fingerprint density at radius 3 is 2.26 bits per heavy atom. The van der Waals surface area contributed by atoms with Gasteiger partial charge in [0.15, 0.2) is 0 Å². The molecule has 2 aromatic rings. The summed E-state index contributed by atoms with van der Waals surface area (Å²) < 4.78 is 1.70. The van der Waals surface area contributed by atoms with Crippen LogP contribution in [0.15, 0.2) is 56.4 Å². The summed E-state index contributed by atoms with van der Waals surface area (Å²) in [5.74, 6) is 0.801. The zero-order valence-electron chi connectivity index (χ0n) is 10.1. The molecular weight excluding hydrogens is 391 g/mol. The lowest BCUT2D eigenvalue weighted by Gasteiger charge is -2.08. The lowest BCUT2D eigenvalue weighted by Crippen LogP contribution is -2.06. The van der Waals surface area contributed by atoms with E-state index in [0.717, 1.165) is 26.2 Å². The highest BCUT2D eigenvalue weighted by molar-refractivity contribution is 9.11. The molecule has 0 heterocycles. The Bertz CT molecular complexity index is 589. The largest absolute Gasteiger partial charge is 0.344 e. The summed E-state index contributed by atoms with van der Waals surface area (Å²) in [5.41, 5.74) is 1.82. The van der Waals surface area contributed by atoms with Crippen molar-refractivity contribution in [2.75, 3.05) is 5.32 Å². The van der Waals surface area contributed by atoms with Crippen molar-refractivity contribution in [3.63, 3.8) is 0 Å². The first-order valence-electron chi connectivity index (χ1n) is 5.58. The van der Waals surface area contributed by atoms with Gasteiger partial charge in [-0.1, -0.05) is 29.8 Å². The van der Waals surface area contributed by atoms with Crippen LogP contribution < -0.4 is 5.32 Å². The average molecular weight is 403 g/mol. The van der Waals surface area contributed by atoms with Crippen molar-refractivity contribution in [1.29, 1.82) is 0 Å². The van der Waals surface area contributed by atoms with Gasteiger partial charge in [-0.15, -0.1) is 0 Å². The van der Waals surface area contributed by atoms with E-state index < -0.39 is 0 Å². The predicted molar refractivity (Wildman–Crippen MR) is 89.7 cm³/mol. The topological polar surface area (TPSA) is 24.4 Å². The van der Waals surface area contributed by atoms with Gasteiger partial charge in [0.2, 0.25) is 0 Å². The van der Waals surface area contributed by atoms with Gasteiger partial charge < -0.3 is 5.32 Å². The molecule has 0 aliphatic carbocycles. The lowest BCUT2D eigenvalue weighted by atomic mass is 10.3. The van der Waals surface area contributed by atoms with E-state index in [9.17, 15) is 0 Å². The number of aliphatic imine (C=N–C) groups is 1. The highest BCUT2D eigenvalue weighted by Crippen LogP contribution is 2.36. The maximum atomic E-state index is 5.96. The fourth-order valence-electron chi connectivity index (χ4n) is 1.57. The van der Waals surface area contributed by atoms with Crippen LogP contribution in [0.4, 0.5) is 11.4 Å². The van der Waals surface area contributed by atoms with Gasteiger partial charge in [-0.2, -0.15) is 0 Å². The van der Waals surface area contributed by atoms with Gasteiger partial charge in [0.05, 0.1) is 5.69 Å². The minimum atomic E-state index is 0.659. The summed E-state index contributed by atoms with van der Waals surface area (Å²) in [6, 6.07) is 13.6. The van der Waals surface area contributed by atoms with Gasteiger partial charge in [-0.05, 0) is 63.0 Å². The van der Waals surface area contributed by atoms with Gasteiger partial charge in [0.1, 0.15) is 5.84 Å². The molecule has 2 nitrogen and oxygen atoms in total. The molecule has 0 spiro atoms. The van der Waals surface area contributed by atoms with E-state index >= 15 is 0 Å². The Morgan fingerprint density at radius 1 is 1.11 bits per heavy atom. The van der Waals surface area contributed by atoms with Gasteiger partial charge in [0, 0.05) is 19.7 Å². The first-order valence-corrected chi connectivity index (χ1v) is 7.54. The maximum absolute atomic E-state index is 5.96. The smallest absolute Gasteiger partial charge is 0.104 e. The van der Waals surface area contributed by atoms with Crippen molar-refractivity contribution < 1.29 is 0 Å². The standard InChI is InChI=1S/C14H11Br2ClN2/c1-9(18-11-5-3-2-4-6-11)19-14-12(15)7-10(17)8-13(14)16/h2-8H,1H3,(H,18,19). The Morgan fingerprint density at radius 2 is 1.68 bits per heavy atom. The van der Waals surface area contributed by atoms with Crippen molar-refractivity contribution >= 4 is 60.7 Å². The van der Waals surface area contributed by atoms with Crippen LogP contribution in [0.1, 0.15) is 6.92 Å². The molecule has 0 amide bonds. The van der Waals surface area contributed by atoms with E-state index in [2.05, 4.69) is 42.2 Å². The number of anilines is 1. The molecule has 1 N–H and O–H groups in total. The lowest BCUT2D eigenvalue weighted by molar-refractivity contribution is 1.42. The summed E-state index contributed by atoms with van der Waals surface area (Å²) in [5, 5.41) is 3.89. The molecule has 98 valence electrons. The summed E-state index contributed by atoms with van der Waals surface area (Å²) in [6.07, 6.45) is 0. The molecule has 0 radical (unpaired) electrons. The van der Waals surface area contributed by atoms with Crippen LogP contribution in [-0.2, 0) is 0 Å². The van der Waals surface area contributed by atoms with Crippen molar-refractivity contribution in [3.05, 3.63) is 56.4 Å². The number of amidine groups is 1. The molecule has 0 saturated heterocycles. The summed E-state index contributed by atoms with van der Waals surface area (Å²) >= 11 is 12.9. The van der Waals surface area contributed by atoms with Gasteiger partial charge in [-0.3, -0.25) is 0 Å². The molecule has 0 unspecified atom stereocenters. The maximum Gasteiger partial charge on any atom is 0.104 e. The Hall–Kier alpha value is -0.840. The van der Waals surface area contributed by atoms with Gasteiger partial charge in [-0.25, -0.2) is 4.99 Å². The number of benzene rings is 2. The zero-order chi connectivity index (χ0) is 13.8. The molecule has 5 heteroatoms. The Balaban J connectivity index is 2.26. The molecule has 2 rings (SSSR count). The summed E-state index contributed by atoms with van der Waals surface area (Å²) in [7, 11) is 0. The van der Waals surface area contributed by atoms with Crippen LogP contribution in [0.25, 0.3) is 0 Å². The van der Waals surface area contributed by atoms with E-state index in [-0.39, 0.29) is 0 Å². The van der Waals surface area contributed by atoms with Crippen LogP contribution in [0.3, 0.4) is 0 Å². The second-order valence-electron chi connectivity index (χ2n) is 3.91. The molecule has 19 heavy (non-hydrogen) atoms. The van der Waals surface area contributed by atoms with Crippen LogP contribution in [-0.4, -0.2) is 5.84 Å². The summed E-state index contributed by atoms with van der Waals surface area (Å²) in [6.45, 7) is 1.92. The first-order chi connectivity index (χ1) is 9.06. The molecule has 0 saturated carbocycles. The number of rotatable bonds is 2. The first kappa shape index (κ1) is 14.6. The van der Waals surface area contributed by atoms with E-state index in [1.807, 2.05) is 49.4 Å². The number of nitrogens with one attached hydrogen (secondary N) is 1. The third-order valence-corrected chi connectivity index (χ3v) is 3.79. The van der Waals surface area contributed by atoms with Crippen molar-refractivity contribution in [1.82, 2.24) is 0 Å². The van der Waals surface area contributed by atoms with Crippen LogP contribution in [0.5, 0.6) is 0 Å². The highest BCUT2D eigenvalue weighted by Gasteiger charge is 2.06. The Labute approximate surface area is 134 Å². The SMILES string of the molecule is CC(=Nc1c(Br)cc(Cl)cc1Br)Nc1ccccc1. The fraction of sp³-hybridized carbons (Fsp3) is 0.0714. The third-order valence-electron chi connectivity index (χ3n) is 2.36. The monoisotopic (exact) mass is 400 g/mol. The predicted octanol–water partition coefficient (Wildman–Crippen LogP) is 6.03. The van der Waals surface area contributed by atoms with Gasteiger partial charge >= 0.3 is 0 Å². The number of para-hydroxylation sites is 1. The molecule has 0 aromatic heterocycles. The second kappa shape index (κ2) is 6.55. The van der Waals surface area contributed by atoms with E-state index in [4.69, 9.17) is 11.6 Å². The molecule has 0 aliphatic rings. The molecule has 0 fully saturated rings. The van der Waals surface area contributed by atoms with Crippen LogP contribution >= 0.6 is 43.5 Å². The Kier molecular flexibility index (Phi) is 5.02. The van der Waals surface area contributed by atoms with Crippen LogP contribution in [0, 0.1) is 0 Å². The number of nitrogens with zero attached hydrogens (tertiary/aromatic N) is 1.